The summed E-state index contributed by atoms with van der Waals surface area (Å²) in [6, 6.07) is 7.35. The lowest BCUT2D eigenvalue weighted by Crippen LogP contribution is -2.50. The third-order valence-electron chi connectivity index (χ3n) is 3.02. The highest BCUT2D eigenvalue weighted by molar-refractivity contribution is 5.99. The van der Waals surface area contributed by atoms with E-state index < -0.39 is 5.41 Å². The molecule has 6 heteroatoms. The number of fused-ring (bicyclic) bond motifs is 1. The Labute approximate surface area is 103 Å². The maximum Gasteiger partial charge on any atom is 0.249 e. The molecule has 1 amide bonds. The lowest BCUT2D eigenvalue weighted by atomic mass is 9.87. The Bertz CT molecular complexity index is 651. The predicted octanol–water partition coefficient (Wildman–Crippen LogP) is 1.04. The Morgan fingerprint density at radius 2 is 2.39 bits per heavy atom. The number of nitrogens with one attached hydrogen (secondary N) is 2. The zero-order valence-corrected chi connectivity index (χ0v) is 9.43. The van der Waals surface area contributed by atoms with E-state index in [4.69, 9.17) is 10.00 Å². The molecule has 2 aromatic rings. The topological polar surface area (TPSA) is 90.8 Å². The zero-order chi connectivity index (χ0) is 12.6. The van der Waals surface area contributed by atoms with Gasteiger partial charge in [-0.1, -0.05) is 0 Å². The Morgan fingerprint density at radius 3 is 3.06 bits per heavy atom. The SMILES string of the molecule is N#CC1(C(=O)Nc2ccc3nc[nH]c3c2)COC1. The molecule has 0 saturated carbocycles. The van der Waals surface area contributed by atoms with Gasteiger partial charge in [0.25, 0.3) is 0 Å². The van der Waals surface area contributed by atoms with Crippen LogP contribution < -0.4 is 5.32 Å². The number of aromatic nitrogens is 2. The van der Waals surface area contributed by atoms with Crippen molar-refractivity contribution in [3.8, 4) is 6.07 Å². The number of amides is 1. The summed E-state index contributed by atoms with van der Waals surface area (Å²) in [6.07, 6.45) is 1.59. The molecule has 1 saturated heterocycles. The van der Waals surface area contributed by atoms with Crippen molar-refractivity contribution in [3.63, 3.8) is 0 Å². The fraction of sp³-hybridized carbons (Fsp3) is 0.250. The number of carbonyl (C=O) groups excluding carboxylic acids is 1. The zero-order valence-electron chi connectivity index (χ0n) is 9.43. The number of ether oxygens (including phenoxy) is 1. The quantitative estimate of drug-likeness (QED) is 0.823. The first-order valence-electron chi connectivity index (χ1n) is 5.47. The van der Waals surface area contributed by atoms with Gasteiger partial charge >= 0.3 is 0 Å². The van der Waals surface area contributed by atoms with Crippen molar-refractivity contribution >= 4 is 22.6 Å². The third-order valence-corrected chi connectivity index (χ3v) is 3.02. The molecule has 2 N–H and O–H groups in total. The summed E-state index contributed by atoms with van der Waals surface area (Å²) < 4.78 is 4.95. The fourth-order valence-electron chi connectivity index (χ4n) is 1.82. The van der Waals surface area contributed by atoms with Gasteiger partial charge in [0.1, 0.15) is 0 Å². The summed E-state index contributed by atoms with van der Waals surface area (Å²) in [5.41, 5.74) is 1.26. The summed E-state index contributed by atoms with van der Waals surface area (Å²) in [5, 5.41) is 11.7. The molecule has 3 rings (SSSR count). The summed E-state index contributed by atoms with van der Waals surface area (Å²) in [7, 11) is 0. The number of H-pyrrole nitrogens is 1. The van der Waals surface area contributed by atoms with Crippen LogP contribution in [0.15, 0.2) is 24.5 Å². The lowest BCUT2D eigenvalue weighted by molar-refractivity contribution is -0.144. The van der Waals surface area contributed by atoms with E-state index in [9.17, 15) is 4.79 Å². The number of imidazole rings is 1. The summed E-state index contributed by atoms with van der Waals surface area (Å²) >= 11 is 0. The van der Waals surface area contributed by atoms with E-state index in [0.717, 1.165) is 11.0 Å². The van der Waals surface area contributed by atoms with Crippen LogP contribution in [0.5, 0.6) is 0 Å². The van der Waals surface area contributed by atoms with Gasteiger partial charge in [0.15, 0.2) is 5.41 Å². The molecule has 0 bridgehead atoms. The highest BCUT2D eigenvalue weighted by Gasteiger charge is 2.46. The number of hydrogen-bond acceptors (Lipinski definition) is 4. The highest BCUT2D eigenvalue weighted by Crippen LogP contribution is 2.28. The number of nitriles is 1. The standard InChI is InChI=1S/C12H10N4O2/c13-4-12(5-18-6-12)11(17)16-8-1-2-9-10(3-8)15-7-14-9/h1-3,7H,5-6H2,(H,14,15)(H,16,17). The minimum atomic E-state index is -1.04. The average molecular weight is 242 g/mol. The van der Waals surface area contributed by atoms with Gasteiger partial charge in [0.2, 0.25) is 5.91 Å². The van der Waals surface area contributed by atoms with Crippen LogP contribution in [0.25, 0.3) is 11.0 Å². The normalized spacial score (nSPS) is 16.8. The first kappa shape index (κ1) is 10.7. The molecule has 1 aliphatic heterocycles. The van der Waals surface area contributed by atoms with E-state index in [1.807, 2.05) is 6.07 Å². The second-order valence-corrected chi connectivity index (χ2v) is 4.28. The molecule has 1 aliphatic rings. The van der Waals surface area contributed by atoms with Crippen LogP contribution in [0, 0.1) is 16.7 Å². The monoisotopic (exact) mass is 242 g/mol. The van der Waals surface area contributed by atoms with Crippen molar-refractivity contribution in [2.75, 3.05) is 18.5 Å². The molecule has 0 atom stereocenters. The summed E-state index contributed by atoms with van der Waals surface area (Å²) in [4.78, 5) is 19.0. The van der Waals surface area contributed by atoms with Gasteiger partial charge in [-0.2, -0.15) is 5.26 Å². The molecule has 0 radical (unpaired) electrons. The minimum absolute atomic E-state index is 0.154. The molecular formula is C12H10N4O2. The Morgan fingerprint density at radius 1 is 1.56 bits per heavy atom. The predicted molar refractivity (Wildman–Crippen MR) is 63.6 cm³/mol. The number of nitrogens with zero attached hydrogens (tertiary/aromatic N) is 2. The van der Waals surface area contributed by atoms with Crippen molar-refractivity contribution in [2.24, 2.45) is 5.41 Å². The Balaban J connectivity index is 1.84. The van der Waals surface area contributed by atoms with Gasteiger partial charge in [-0.05, 0) is 18.2 Å². The van der Waals surface area contributed by atoms with Crippen LogP contribution in [-0.2, 0) is 9.53 Å². The van der Waals surface area contributed by atoms with Crippen LogP contribution in [0.1, 0.15) is 0 Å². The third kappa shape index (κ3) is 1.53. The van der Waals surface area contributed by atoms with Crippen molar-refractivity contribution in [2.45, 2.75) is 0 Å². The van der Waals surface area contributed by atoms with Crippen LogP contribution in [0.3, 0.4) is 0 Å². The molecule has 0 spiro atoms. The maximum absolute atomic E-state index is 12.0. The van der Waals surface area contributed by atoms with E-state index >= 15 is 0 Å². The Hall–Kier alpha value is -2.39. The second kappa shape index (κ2) is 3.82. The minimum Gasteiger partial charge on any atom is -0.377 e. The molecule has 90 valence electrons. The van der Waals surface area contributed by atoms with Gasteiger partial charge in [0.05, 0.1) is 36.6 Å². The second-order valence-electron chi connectivity index (χ2n) is 4.28. The molecule has 1 aromatic heterocycles. The number of carbonyl (C=O) groups is 1. The van der Waals surface area contributed by atoms with E-state index in [0.29, 0.717) is 5.69 Å². The van der Waals surface area contributed by atoms with Crippen LogP contribution in [-0.4, -0.2) is 29.1 Å². The highest BCUT2D eigenvalue weighted by atomic mass is 16.5. The van der Waals surface area contributed by atoms with Crippen LogP contribution in [0.2, 0.25) is 0 Å². The summed E-state index contributed by atoms with van der Waals surface area (Å²) in [6.45, 7) is 0.309. The number of anilines is 1. The Kier molecular flexibility index (Phi) is 2.28. The number of benzene rings is 1. The number of aromatic amines is 1. The molecule has 18 heavy (non-hydrogen) atoms. The largest absolute Gasteiger partial charge is 0.377 e. The van der Waals surface area contributed by atoms with E-state index in [2.05, 4.69) is 15.3 Å². The smallest absolute Gasteiger partial charge is 0.249 e. The van der Waals surface area contributed by atoms with Crippen molar-refractivity contribution < 1.29 is 9.53 Å². The van der Waals surface area contributed by atoms with Gasteiger partial charge < -0.3 is 15.0 Å². The van der Waals surface area contributed by atoms with Crippen molar-refractivity contribution in [3.05, 3.63) is 24.5 Å². The maximum atomic E-state index is 12.0. The van der Waals surface area contributed by atoms with Crippen molar-refractivity contribution in [1.82, 2.24) is 9.97 Å². The molecular weight excluding hydrogens is 232 g/mol. The average Bonchev–Trinajstić information content (AvgIpc) is 2.75. The molecule has 2 heterocycles. The van der Waals surface area contributed by atoms with Crippen LogP contribution >= 0.6 is 0 Å². The van der Waals surface area contributed by atoms with Gasteiger partial charge in [-0.15, -0.1) is 0 Å². The van der Waals surface area contributed by atoms with E-state index in [1.165, 1.54) is 0 Å². The van der Waals surface area contributed by atoms with Gasteiger partial charge in [-0.25, -0.2) is 4.98 Å². The lowest BCUT2D eigenvalue weighted by Gasteiger charge is -2.33. The van der Waals surface area contributed by atoms with Gasteiger partial charge in [-0.3, -0.25) is 4.79 Å². The number of hydrogen-bond donors (Lipinski definition) is 2. The first-order chi connectivity index (χ1) is 8.73. The van der Waals surface area contributed by atoms with Crippen molar-refractivity contribution in [1.29, 1.82) is 5.26 Å². The molecule has 0 aliphatic carbocycles. The number of rotatable bonds is 2. The molecule has 0 unspecified atom stereocenters. The molecule has 1 fully saturated rings. The molecule has 1 aromatic carbocycles. The van der Waals surface area contributed by atoms with Crippen LogP contribution in [0.4, 0.5) is 5.69 Å². The summed E-state index contributed by atoms with van der Waals surface area (Å²) in [5.74, 6) is -0.324. The van der Waals surface area contributed by atoms with E-state index in [-0.39, 0.29) is 19.1 Å². The first-order valence-corrected chi connectivity index (χ1v) is 5.47. The fourth-order valence-corrected chi connectivity index (χ4v) is 1.82. The molecule has 6 nitrogen and oxygen atoms in total. The van der Waals surface area contributed by atoms with Gasteiger partial charge in [0, 0.05) is 5.69 Å². The van der Waals surface area contributed by atoms with E-state index in [1.54, 1.807) is 24.5 Å².